The third-order valence-electron chi connectivity index (χ3n) is 5.64. The molecule has 1 aliphatic carbocycles. The summed E-state index contributed by atoms with van der Waals surface area (Å²) in [7, 11) is 0. The third-order valence-corrected chi connectivity index (χ3v) is 5.94. The Kier molecular flexibility index (Phi) is 4.77. The zero-order valence-electron chi connectivity index (χ0n) is 16.3. The maximum absolute atomic E-state index is 10.1. The molecule has 30 heavy (non-hydrogen) atoms. The van der Waals surface area contributed by atoms with Crippen molar-refractivity contribution in [1.29, 1.82) is 0 Å². The number of fused-ring (bicyclic) bond motifs is 2. The van der Waals surface area contributed by atoms with Crippen LogP contribution in [0.5, 0.6) is 5.75 Å². The van der Waals surface area contributed by atoms with Gasteiger partial charge < -0.3 is 15.2 Å². The average molecular weight is 417 g/mol. The Hall–Kier alpha value is -3.15. The first kappa shape index (κ1) is 18.9. The molecule has 6 heteroatoms. The summed E-state index contributed by atoms with van der Waals surface area (Å²) in [5.41, 5.74) is 14.1. The lowest BCUT2D eigenvalue weighted by Crippen LogP contribution is -1.98. The van der Waals surface area contributed by atoms with Crippen LogP contribution < -0.4 is 5.73 Å². The third kappa shape index (κ3) is 3.26. The van der Waals surface area contributed by atoms with Crippen LogP contribution in [0.15, 0.2) is 61.2 Å². The van der Waals surface area contributed by atoms with Crippen molar-refractivity contribution in [3.63, 3.8) is 0 Å². The highest BCUT2D eigenvalue weighted by atomic mass is 35.5. The molecule has 4 aromatic rings. The number of aromatic hydroxyl groups is 1. The van der Waals surface area contributed by atoms with E-state index in [1.165, 1.54) is 5.57 Å². The fraction of sp³-hybridized carbons (Fsp3) is 0.167. The van der Waals surface area contributed by atoms with Gasteiger partial charge in [-0.15, -0.1) is 0 Å². The predicted octanol–water partition coefficient (Wildman–Crippen LogP) is 4.84. The molecule has 5 rings (SSSR count). The van der Waals surface area contributed by atoms with Crippen molar-refractivity contribution >= 4 is 28.4 Å². The molecule has 0 radical (unpaired) electrons. The number of aryl methyl sites for hydroxylation is 1. The highest BCUT2D eigenvalue weighted by molar-refractivity contribution is 6.32. The van der Waals surface area contributed by atoms with Crippen LogP contribution in [0, 0.1) is 0 Å². The van der Waals surface area contributed by atoms with Crippen molar-refractivity contribution in [2.24, 2.45) is 5.73 Å². The van der Waals surface area contributed by atoms with Gasteiger partial charge >= 0.3 is 0 Å². The number of phenolic OH excluding ortho intramolecular Hbond substituents is 1. The van der Waals surface area contributed by atoms with Crippen molar-refractivity contribution in [3.05, 3.63) is 94.2 Å². The van der Waals surface area contributed by atoms with E-state index < -0.39 is 0 Å². The van der Waals surface area contributed by atoms with Crippen molar-refractivity contribution in [2.75, 3.05) is 0 Å². The number of nitrogens with zero attached hydrogens (tertiary/aromatic N) is 3. The second-order valence-electron chi connectivity index (χ2n) is 7.52. The standard InChI is InChI=1S/C24H21ClN4O/c25-22-13-27-8-6-20(22)21-3-1-2-15-10-18(30)4-5-19(15)24(21)16-7-9-29-14-17(12-26)28-23(29)11-16/h4-11,13-14,30H,1-3,12,26H2. The molecule has 0 bridgehead atoms. The van der Waals surface area contributed by atoms with E-state index in [9.17, 15) is 5.11 Å². The molecule has 0 aliphatic heterocycles. The molecule has 0 amide bonds. The summed E-state index contributed by atoms with van der Waals surface area (Å²) >= 11 is 6.57. The van der Waals surface area contributed by atoms with Crippen LogP contribution in [-0.4, -0.2) is 19.5 Å². The number of nitrogens with two attached hydrogens (primary N) is 1. The fourth-order valence-corrected chi connectivity index (χ4v) is 4.51. The van der Waals surface area contributed by atoms with Crippen LogP contribution in [0.3, 0.4) is 0 Å². The number of pyridine rings is 2. The molecule has 3 aromatic heterocycles. The number of rotatable bonds is 3. The van der Waals surface area contributed by atoms with Gasteiger partial charge in [-0.25, -0.2) is 4.98 Å². The van der Waals surface area contributed by atoms with Gasteiger partial charge in [0.05, 0.1) is 10.7 Å². The van der Waals surface area contributed by atoms with Gasteiger partial charge in [-0.05, 0) is 83.0 Å². The summed E-state index contributed by atoms with van der Waals surface area (Å²) in [6.45, 7) is 0.402. The lowest BCUT2D eigenvalue weighted by atomic mass is 9.88. The van der Waals surface area contributed by atoms with Crippen LogP contribution in [0.2, 0.25) is 5.02 Å². The van der Waals surface area contributed by atoms with Crippen LogP contribution in [0.1, 0.15) is 40.8 Å². The Bertz CT molecular complexity index is 1290. The summed E-state index contributed by atoms with van der Waals surface area (Å²) in [5.74, 6) is 0.287. The molecule has 0 spiro atoms. The zero-order valence-corrected chi connectivity index (χ0v) is 17.1. The second-order valence-corrected chi connectivity index (χ2v) is 7.93. The van der Waals surface area contributed by atoms with E-state index in [1.54, 1.807) is 18.5 Å². The number of benzene rings is 1. The molecule has 0 saturated heterocycles. The van der Waals surface area contributed by atoms with Crippen molar-refractivity contribution < 1.29 is 5.11 Å². The van der Waals surface area contributed by atoms with Crippen molar-refractivity contribution in [1.82, 2.24) is 14.4 Å². The Morgan fingerprint density at radius 3 is 2.83 bits per heavy atom. The van der Waals surface area contributed by atoms with Crippen LogP contribution in [0.4, 0.5) is 0 Å². The smallest absolute Gasteiger partial charge is 0.137 e. The number of hydrogen-bond acceptors (Lipinski definition) is 4. The van der Waals surface area contributed by atoms with Gasteiger partial charge in [0.2, 0.25) is 0 Å². The molecule has 0 atom stereocenters. The summed E-state index contributed by atoms with van der Waals surface area (Å²) in [5, 5.41) is 10.7. The first-order valence-electron chi connectivity index (χ1n) is 9.97. The van der Waals surface area contributed by atoms with E-state index >= 15 is 0 Å². The lowest BCUT2D eigenvalue weighted by Gasteiger charge is -2.17. The maximum Gasteiger partial charge on any atom is 0.137 e. The van der Waals surface area contributed by atoms with Gasteiger partial charge in [0, 0.05) is 31.3 Å². The van der Waals surface area contributed by atoms with Crippen LogP contribution in [0.25, 0.3) is 16.8 Å². The summed E-state index contributed by atoms with van der Waals surface area (Å²) in [6, 6.07) is 11.8. The lowest BCUT2D eigenvalue weighted by molar-refractivity contribution is 0.474. The van der Waals surface area contributed by atoms with E-state index in [2.05, 4.69) is 22.1 Å². The van der Waals surface area contributed by atoms with Gasteiger partial charge in [-0.1, -0.05) is 17.7 Å². The largest absolute Gasteiger partial charge is 0.508 e. The summed E-state index contributed by atoms with van der Waals surface area (Å²) < 4.78 is 1.99. The normalized spacial score (nSPS) is 14.1. The van der Waals surface area contributed by atoms with E-state index in [-0.39, 0.29) is 5.75 Å². The van der Waals surface area contributed by atoms with E-state index in [1.807, 2.05) is 35.0 Å². The molecule has 0 saturated carbocycles. The highest BCUT2D eigenvalue weighted by Gasteiger charge is 2.22. The van der Waals surface area contributed by atoms with E-state index in [0.29, 0.717) is 11.6 Å². The number of halogens is 1. The zero-order chi connectivity index (χ0) is 20.7. The first-order chi connectivity index (χ1) is 14.6. The molecule has 3 heterocycles. The molecule has 1 aliphatic rings. The van der Waals surface area contributed by atoms with Gasteiger partial charge in [-0.2, -0.15) is 0 Å². The molecular weight excluding hydrogens is 396 g/mol. The van der Waals surface area contributed by atoms with Gasteiger partial charge in [-0.3, -0.25) is 4.98 Å². The minimum atomic E-state index is 0.287. The second kappa shape index (κ2) is 7.59. The molecule has 1 aromatic carbocycles. The number of imidazole rings is 1. The molecule has 0 fully saturated rings. The topological polar surface area (TPSA) is 76.4 Å². The average Bonchev–Trinajstić information content (AvgIpc) is 3.08. The molecule has 150 valence electrons. The number of allylic oxidation sites excluding steroid dienone is 1. The maximum atomic E-state index is 10.1. The molecule has 3 N–H and O–H groups in total. The minimum Gasteiger partial charge on any atom is -0.508 e. The van der Waals surface area contributed by atoms with Gasteiger partial charge in [0.15, 0.2) is 0 Å². The fourth-order valence-electron chi connectivity index (χ4n) is 4.28. The predicted molar refractivity (Wildman–Crippen MR) is 119 cm³/mol. The Morgan fingerprint density at radius 2 is 2.00 bits per heavy atom. The Balaban J connectivity index is 1.81. The highest BCUT2D eigenvalue weighted by Crippen LogP contribution is 2.42. The quantitative estimate of drug-likeness (QED) is 0.501. The molecular formula is C24H21ClN4O. The SMILES string of the molecule is NCc1cn2ccc(C3=C(c4ccncc4Cl)CCCc4cc(O)ccc43)cc2n1. The van der Waals surface area contributed by atoms with Crippen molar-refractivity contribution in [2.45, 2.75) is 25.8 Å². The van der Waals surface area contributed by atoms with E-state index in [0.717, 1.165) is 58.4 Å². The number of hydrogen-bond donors (Lipinski definition) is 2. The number of aromatic nitrogens is 3. The molecule has 0 unspecified atom stereocenters. The summed E-state index contributed by atoms with van der Waals surface area (Å²) in [4.78, 5) is 8.79. The molecule has 5 nitrogen and oxygen atoms in total. The van der Waals surface area contributed by atoms with E-state index in [4.69, 9.17) is 17.3 Å². The van der Waals surface area contributed by atoms with Gasteiger partial charge in [0.25, 0.3) is 0 Å². The first-order valence-corrected chi connectivity index (χ1v) is 10.3. The van der Waals surface area contributed by atoms with Gasteiger partial charge in [0.1, 0.15) is 11.4 Å². The minimum absolute atomic E-state index is 0.287. The monoisotopic (exact) mass is 416 g/mol. The Labute approximate surface area is 179 Å². The van der Waals surface area contributed by atoms with Crippen molar-refractivity contribution in [3.8, 4) is 5.75 Å². The number of phenols is 1. The summed E-state index contributed by atoms with van der Waals surface area (Å²) in [6.07, 6.45) is 10.2. The van der Waals surface area contributed by atoms with Crippen LogP contribution >= 0.6 is 11.6 Å². The van der Waals surface area contributed by atoms with Crippen LogP contribution in [-0.2, 0) is 13.0 Å². The Morgan fingerprint density at radius 1 is 1.10 bits per heavy atom.